The van der Waals surface area contributed by atoms with Crippen molar-refractivity contribution in [2.45, 2.75) is 24.6 Å². The Morgan fingerprint density at radius 3 is 2.71 bits per heavy atom. The van der Waals surface area contributed by atoms with Gasteiger partial charge in [-0.2, -0.15) is 0 Å². The molecule has 1 aliphatic heterocycles. The molecule has 128 valence electrons. The number of rotatable bonds is 4. The number of amides is 1. The lowest BCUT2D eigenvalue weighted by Gasteiger charge is -2.20. The van der Waals surface area contributed by atoms with E-state index in [-0.39, 0.29) is 17.1 Å². The highest BCUT2D eigenvalue weighted by Crippen LogP contribution is 2.30. The number of carbonyl (C=O) groups excluding carboxylic acids is 1. The molecule has 0 bridgehead atoms. The largest absolute Gasteiger partial charge is 0.480 e. The summed E-state index contributed by atoms with van der Waals surface area (Å²) >= 11 is 0. The number of carboxylic acid groups (broad SMARTS) is 1. The number of carboxylic acids is 1. The molecule has 1 amide bonds. The molecule has 0 spiro atoms. The highest BCUT2D eigenvalue weighted by molar-refractivity contribution is 7.89. The van der Waals surface area contributed by atoms with Crippen molar-refractivity contribution in [2.24, 2.45) is 0 Å². The first-order valence-corrected chi connectivity index (χ1v) is 9.56. The Balaban J connectivity index is 2.09. The Kier molecular flexibility index (Phi) is 4.08. The fourth-order valence-electron chi connectivity index (χ4n) is 3.07. The zero-order valence-corrected chi connectivity index (χ0v) is 13.9. The van der Waals surface area contributed by atoms with E-state index in [2.05, 4.69) is 0 Å². The molecule has 1 N–H and O–H groups in total. The number of para-hydroxylation sites is 1. The van der Waals surface area contributed by atoms with Gasteiger partial charge in [0.1, 0.15) is 11.6 Å². The highest BCUT2D eigenvalue weighted by Gasteiger charge is 2.37. The Bertz CT molecular complexity index is 914. The molecule has 1 aromatic heterocycles. The van der Waals surface area contributed by atoms with Crippen LogP contribution in [0.5, 0.6) is 0 Å². The number of benzene rings is 1. The summed E-state index contributed by atoms with van der Waals surface area (Å²) in [6, 6.07) is 5.89. The monoisotopic (exact) mass is 351 g/mol. The summed E-state index contributed by atoms with van der Waals surface area (Å²) < 4.78 is 29.1. The molecule has 1 atom stereocenters. The third-order valence-electron chi connectivity index (χ3n) is 4.10. The van der Waals surface area contributed by atoms with E-state index in [0.717, 1.165) is 6.26 Å². The molecule has 1 aliphatic rings. The van der Waals surface area contributed by atoms with E-state index in [1.165, 1.54) is 4.90 Å². The molecule has 7 nitrogen and oxygen atoms in total. The molecular weight excluding hydrogens is 334 g/mol. The van der Waals surface area contributed by atoms with Crippen LogP contribution in [-0.2, 0) is 20.4 Å². The van der Waals surface area contributed by atoms with E-state index in [1.807, 2.05) is 0 Å². The van der Waals surface area contributed by atoms with Crippen LogP contribution in [0.25, 0.3) is 11.0 Å². The Hall–Kier alpha value is -2.35. The van der Waals surface area contributed by atoms with Gasteiger partial charge in [0.25, 0.3) is 5.91 Å². The molecule has 24 heavy (non-hydrogen) atoms. The van der Waals surface area contributed by atoms with Crippen LogP contribution >= 0.6 is 0 Å². The van der Waals surface area contributed by atoms with E-state index in [0.29, 0.717) is 30.4 Å². The smallest absolute Gasteiger partial charge is 0.326 e. The van der Waals surface area contributed by atoms with E-state index < -0.39 is 27.8 Å². The van der Waals surface area contributed by atoms with Crippen LogP contribution in [0.1, 0.15) is 29.0 Å². The van der Waals surface area contributed by atoms with Gasteiger partial charge in [0.15, 0.2) is 15.6 Å². The van der Waals surface area contributed by atoms with Crippen molar-refractivity contribution in [3.63, 3.8) is 0 Å². The second-order valence-electron chi connectivity index (χ2n) is 5.97. The average Bonchev–Trinajstić information content (AvgIpc) is 3.11. The van der Waals surface area contributed by atoms with Gasteiger partial charge in [0.05, 0.1) is 5.75 Å². The Morgan fingerprint density at radius 2 is 2.04 bits per heavy atom. The van der Waals surface area contributed by atoms with Gasteiger partial charge in [-0.1, -0.05) is 18.2 Å². The molecule has 0 aliphatic carbocycles. The summed E-state index contributed by atoms with van der Waals surface area (Å²) in [6.07, 6.45) is 2.05. The van der Waals surface area contributed by atoms with Crippen LogP contribution < -0.4 is 0 Å². The van der Waals surface area contributed by atoms with Gasteiger partial charge in [-0.15, -0.1) is 0 Å². The van der Waals surface area contributed by atoms with Crippen LogP contribution in [0.3, 0.4) is 0 Å². The summed E-state index contributed by atoms with van der Waals surface area (Å²) in [5.41, 5.74) is 0.694. The van der Waals surface area contributed by atoms with E-state index in [1.54, 1.807) is 24.3 Å². The van der Waals surface area contributed by atoms with Gasteiger partial charge in [0, 0.05) is 23.8 Å². The number of likely N-dealkylation sites (tertiary alicyclic amines) is 1. The normalized spacial score (nSPS) is 18.2. The van der Waals surface area contributed by atoms with Crippen molar-refractivity contribution >= 4 is 32.7 Å². The summed E-state index contributed by atoms with van der Waals surface area (Å²) in [4.78, 5) is 25.4. The van der Waals surface area contributed by atoms with Gasteiger partial charge >= 0.3 is 5.97 Å². The predicted molar refractivity (Wildman–Crippen MR) is 86.5 cm³/mol. The second kappa shape index (κ2) is 5.94. The Labute approximate surface area is 138 Å². The third kappa shape index (κ3) is 3.01. The van der Waals surface area contributed by atoms with E-state index >= 15 is 0 Å². The number of aliphatic carboxylic acids is 1. The lowest BCUT2D eigenvalue weighted by molar-refractivity contribution is -0.141. The number of hydrogen-bond acceptors (Lipinski definition) is 5. The number of furan rings is 1. The fourth-order valence-corrected chi connectivity index (χ4v) is 3.88. The minimum absolute atomic E-state index is 0.0882. The fraction of sp³-hybridized carbons (Fsp3) is 0.375. The molecule has 3 rings (SSSR count). The van der Waals surface area contributed by atoms with Gasteiger partial charge in [0.2, 0.25) is 0 Å². The maximum Gasteiger partial charge on any atom is 0.326 e. The number of carbonyl (C=O) groups is 2. The van der Waals surface area contributed by atoms with Crippen molar-refractivity contribution in [3.8, 4) is 0 Å². The summed E-state index contributed by atoms with van der Waals surface area (Å²) in [5, 5.41) is 9.81. The highest BCUT2D eigenvalue weighted by atomic mass is 32.2. The van der Waals surface area contributed by atoms with Gasteiger partial charge in [-0.05, 0) is 18.9 Å². The summed E-state index contributed by atoms with van der Waals surface area (Å²) in [7, 11) is -3.40. The second-order valence-corrected chi connectivity index (χ2v) is 8.11. The first-order valence-electron chi connectivity index (χ1n) is 7.50. The van der Waals surface area contributed by atoms with Crippen molar-refractivity contribution in [1.29, 1.82) is 0 Å². The van der Waals surface area contributed by atoms with Gasteiger partial charge in [-0.25, -0.2) is 13.2 Å². The van der Waals surface area contributed by atoms with Gasteiger partial charge in [-0.3, -0.25) is 4.79 Å². The Morgan fingerprint density at radius 1 is 1.33 bits per heavy atom. The maximum atomic E-state index is 12.8. The third-order valence-corrected chi connectivity index (χ3v) is 4.91. The van der Waals surface area contributed by atoms with Crippen LogP contribution in [0.2, 0.25) is 0 Å². The zero-order valence-electron chi connectivity index (χ0n) is 13.1. The van der Waals surface area contributed by atoms with Crippen LogP contribution in [0.4, 0.5) is 0 Å². The molecule has 0 radical (unpaired) electrons. The predicted octanol–water partition coefficient (Wildman–Crippen LogP) is 1.67. The topological polar surface area (TPSA) is 105 Å². The molecule has 1 aromatic carbocycles. The minimum Gasteiger partial charge on any atom is -0.480 e. The van der Waals surface area contributed by atoms with E-state index in [9.17, 15) is 23.1 Å². The molecule has 1 saturated heterocycles. The quantitative estimate of drug-likeness (QED) is 0.898. The lowest BCUT2D eigenvalue weighted by Crippen LogP contribution is -2.40. The first-order chi connectivity index (χ1) is 11.3. The van der Waals surface area contributed by atoms with Crippen LogP contribution in [0.15, 0.2) is 28.7 Å². The number of hydrogen-bond donors (Lipinski definition) is 1. The molecule has 2 heterocycles. The molecule has 0 saturated carbocycles. The minimum atomic E-state index is -3.40. The van der Waals surface area contributed by atoms with Crippen molar-refractivity contribution in [1.82, 2.24) is 4.90 Å². The molecular formula is C16H17NO6S. The van der Waals surface area contributed by atoms with Crippen LogP contribution in [-0.4, -0.2) is 49.1 Å². The lowest BCUT2D eigenvalue weighted by atomic mass is 10.1. The first kappa shape index (κ1) is 16.5. The molecule has 8 heteroatoms. The number of nitrogens with zero attached hydrogens (tertiary/aromatic N) is 1. The summed E-state index contributed by atoms with van der Waals surface area (Å²) in [6.45, 7) is 0.311. The van der Waals surface area contributed by atoms with Crippen molar-refractivity contribution < 1.29 is 27.5 Å². The standard InChI is InChI=1S/C16H17NO6S/c1-24(21,22)9-11-10-5-2-3-7-13(10)23-14(11)15(18)17-8-4-6-12(17)16(19)20/h2-3,5,7,12H,4,6,8-9H2,1H3,(H,19,20)/t12-/m0/s1. The molecule has 0 unspecified atom stereocenters. The molecule has 1 fully saturated rings. The SMILES string of the molecule is CS(=O)(=O)Cc1c(C(=O)N2CCC[C@H]2C(=O)O)oc2ccccc12. The number of fused-ring (bicyclic) bond motifs is 1. The average molecular weight is 351 g/mol. The maximum absolute atomic E-state index is 12.8. The summed E-state index contributed by atoms with van der Waals surface area (Å²) in [5.74, 6) is -2.07. The number of sulfone groups is 1. The van der Waals surface area contributed by atoms with E-state index in [4.69, 9.17) is 4.42 Å². The molecule has 2 aromatic rings. The van der Waals surface area contributed by atoms with Crippen molar-refractivity contribution in [3.05, 3.63) is 35.6 Å². The van der Waals surface area contributed by atoms with Crippen molar-refractivity contribution in [2.75, 3.05) is 12.8 Å². The zero-order chi connectivity index (χ0) is 17.5. The van der Waals surface area contributed by atoms with Gasteiger partial charge < -0.3 is 14.4 Å². The van der Waals surface area contributed by atoms with Crippen LogP contribution in [0, 0.1) is 0 Å².